The van der Waals surface area contributed by atoms with Crippen LogP contribution in [-0.4, -0.2) is 34.1 Å². The van der Waals surface area contributed by atoms with E-state index >= 15 is 0 Å². The van der Waals surface area contributed by atoms with Gasteiger partial charge < -0.3 is 9.53 Å². The third-order valence-corrected chi connectivity index (χ3v) is 7.62. The summed E-state index contributed by atoms with van der Waals surface area (Å²) in [4.78, 5) is 45.8. The van der Waals surface area contributed by atoms with Gasteiger partial charge in [0.25, 0.3) is 0 Å². The van der Waals surface area contributed by atoms with E-state index in [1.54, 1.807) is 42.9 Å². The highest BCUT2D eigenvalue weighted by Crippen LogP contribution is 2.62. The van der Waals surface area contributed by atoms with Gasteiger partial charge in [-0.2, -0.15) is 0 Å². The molecule has 6 heteroatoms. The van der Waals surface area contributed by atoms with E-state index in [-0.39, 0.29) is 30.3 Å². The first-order valence-corrected chi connectivity index (χ1v) is 11.7. The van der Waals surface area contributed by atoms with Gasteiger partial charge in [0.15, 0.2) is 5.78 Å². The number of Topliss-reactive ketones (excluding diaryl/α,β-unsaturated/α-hetero) is 2. The molecule has 174 valence electrons. The molecule has 35 heavy (non-hydrogen) atoms. The van der Waals surface area contributed by atoms with Gasteiger partial charge in [0.2, 0.25) is 5.91 Å². The molecule has 1 aliphatic carbocycles. The van der Waals surface area contributed by atoms with E-state index < -0.39 is 17.3 Å². The van der Waals surface area contributed by atoms with Crippen LogP contribution in [0.15, 0.2) is 72.8 Å². The molecule has 0 radical (unpaired) electrons. The summed E-state index contributed by atoms with van der Waals surface area (Å²) in [6.07, 6.45) is 0.355. The minimum Gasteiger partial charge on any atom is -0.497 e. The van der Waals surface area contributed by atoms with E-state index in [0.717, 1.165) is 11.1 Å². The second-order valence-corrected chi connectivity index (χ2v) is 9.42. The van der Waals surface area contributed by atoms with Crippen molar-refractivity contribution >= 4 is 28.5 Å². The van der Waals surface area contributed by atoms with Gasteiger partial charge in [-0.1, -0.05) is 36.4 Å². The van der Waals surface area contributed by atoms with E-state index in [1.165, 1.54) is 0 Å². The normalized spacial score (nSPS) is 22.4. The Kier molecular flexibility index (Phi) is 4.74. The molecule has 1 aliphatic heterocycles. The van der Waals surface area contributed by atoms with Gasteiger partial charge in [-0.15, -0.1) is 0 Å². The van der Waals surface area contributed by atoms with Gasteiger partial charge in [0, 0.05) is 30.2 Å². The van der Waals surface area contributed by atoms with Crippen molar-refractivity contribution in [2.45, 2.75) is 37.0 Å². The molecule has 1 aromatic heterocycles. The Hall–Kier alpha value is -4.06. The van der Waals surface area contributed by atoms with Gasteiger partial charge in [0.1, 0.15) is 22.8 Å². The number of carbonyl (C=O) groups is 3. The second kappa shape index (κ2) is 7.73. The summed E-state index contributed by atoms with van der Waals surface area (Å²) < 4.78 is 6.91. The summed E-state index contributed by atoms with van der Waals surface area (Å²) in [5, 5.41) is 0. The van der Waals surface area contributed by atoms with E-state index in [4.69, 9.17) is 9.72 Å². The molecule has 0 saturated carbocycles. The van der Waals surface area contributed by atoms with Crippen LogP contribution < -0.4 is 4.74 Å². The van der Waals surface area contributed by atoms with Crippen LogP contribution in [0.4, 0.5) is 0 Å². The zero-order chi connectivity index (χ0) is 24.3. The molecule has 0 spiro atoms. The molecule has 0 fully saturated rings. The number of imidazole rings is 1. The standard InChI is InChI=1S/C29H24N2O4/c1-17(32)15-22-20-7-3-4-8-21(20)23-16-26(33)31-25-10-6-5-9-24(25)30-28(31)29(22,23)27(34)18-11-13-19(35-2)14-12-18/h3-14,22-23H,15-16H2,1-2H3/t22-,23-,29+/m1/s1. The third-order valence-electron chi connectivity index (χ3n) is 7.62. The van der Waals surface area contributed by atoms with Crippen molar-refractivity contribution in [2.75, 3.05) is 7.11 Å². The van der Waals surface area contributed by atoms with Crippen LogP contribution in [0.2, 0.25) is 0 Å². The minimum atomic E-state index is -1.18. The molecule has 0 N–H and O–H groups in total. The topological polar surface area (TPSA) is 78.3 Å². The zero-order valence-corrected chi connectivity index (χ0v) is 19.5. The zero-order valence-electron chi connectivity index (χ0n) is 19.5. The number of hydrogen-bond donors (Lipinski definition) is 0. The lowest BCUT2D eigenvalue weighted by Crippen LogP contribution is -2.50. The fourth-order valence-corrected chi connectivity index (χ4v) is 6.24. The number of carbonyl (C=O) groups excluding carboxylic acids is 3. The van der Waals surface area contributed by atoms with Gasteiger partial charge in [-0.25, -0.2) is 4.98 Å². The highest BCUT2D eigenvalue weighted by Gasteiger charge is 2.64. The average molecular weight is 465 g/mol. The Morgan fingerprint density at radius 1 is 1.00 bits per heavy atom. The molecular weight excluding hydrogens is 440 g/mol. The molecule has 0 bridgehead atoms. The monoisotopic (exact) mass is 464 g/mol. The lowest BCUT2D eigenvalue weighted by Gasteiger charge is -2.41. The van der Waals surface area contributed by atoms with Crippen LogP contribution in [0, 0.1) is 0 Å². The van der Waals surface area contributed by atoms with Crippen molar-refractivity contribution in [1.29, 1.82) is 0 Å². The number of fused-ring (bicyclic) bond motifs is 7. The Morgan fingerprint density at radius 3 is 2.40 bits per heavy atom. The molecular formula is C29H24N2O4. The first-order valence-electron chi connectivity index (χ1n) is 11.7. The largest absolute Gasteiger partial charge is 0.497 e. The molecule has 0 amide bonds. The van der Waals surface area contributed by atoms with E-state index in [0.29, 0.717) is 28.2 Å². The Labute approximate surface area is 202 Å². The van der Waals surface area contributed by atoms with Crippen LogP contribution >= 0.6 is 0 Å². The number of rotatable bonds is 5. The fraction of sp³-hybridized carbons (Fsp3) is 0.241. The summed E-state index contributed by atoms with van der Waals surface area (Å²) in [6, 6.07) is 22.3. The number of ketones is 2. The lowest BCUT2D eigenvalue weighted by atomic mass is 9.61. The van der Waals surface area contributed by atoms with Crippen molar-refractivity contribution in [3.63, 3.8) is 0 Å². The summed E-state index contributed by atoms with van der Waals surface area (Å²) in [5.41, 5.74) is 2.57. The van der Waals surface area contributed by atoms with Crippen molar-refractivity contribution in [3.8, 4) is 5.75 Å². The van der Waals surface area contributed by atoms with E-state index in [1.807, 2.05) is 48.5 Å². The number of nitrogens with zero attached hydrogens (tertiary/aromatic N) is 2. The molecule has 0 saturated heterocycles. The molecule has 3 atom stereocenters. The molecule has 2 heterocycles. The predicted octanol–water partition coefficient (Wildman–Crippen LogP) is 5.07. The number of aromatic nitrogens is 2. The lowest BCUT2D eigenvalue weighted by molar-refractivity contribution is -0.117. The van der Waals surface area contributed by atoms with Crippen LogP contribution in [0.1, 0.15) is 63.7 Å². The number of para-hydroxylation sites is 2. The summed E-state index contributed by atoms with van der Waals surface area (Å²) in [6.45, 7) is 1.55. The number of hydrogen-bond acceptors (Lipinski definition) is 5. The van der Waals surface area contributed by atoms with Crippen molar-refractivity contribution in [3.05, 3.63) is 95.3 Å². The number of methoxy groups -OCH3 is 1. The SMILES string of the molecule is COc1ccc(C(=O)[C@@]23c4nc5ccccc5n4C(=O)C[C@@H]2c2ccccc2[C@H]3CC(C)=O)cc1. The van der Waals surface area contributed by atoms with Crippen molar-refractivity contribution < 1.29 is 19.1 Å². The summed E-state index contributed by atoms with van der Waals surface area (Å²) >= 11 is 0. The molecule has 0 unspecified atom stereocenters. The maximum Gasteiger partial charge on any atom is 0.233 e. The fourth-order valence-electron chi connectivity index (χ4n) is 6.24. The third kappa shape index (κ3) is 2.89. The van der Waals surface area contributed by atoms with E-state index in [2.05, 4.69) is 0 Å². The molecule has 6 rings (SSSR count). The number of benzene rings is 3. The Bertz CT molecular complexity index is 1520. The first-order chi connectivity index (χ1) is 17.0. The quantitative estimate of drug-likeness (QED) is 0.386. The number of ether oxygens (including phenoxy) is 1. The smallest absolute Gasteiger partial charge is 0.233 e. The molecule has 3 aromatic carbocycles. The van der Waals surface area contributed by atoms with Crippen LogP contribution in [0.5, 0.6) is 5.75 Å². The van der Waals surface area contributed by atoms with Gasteiger partial charge in [-0.3, -0.25) is 14.2 Å². The second-order valence-electron chi connectivity index (χ2n) is 9.42. The molecule has 2 aliphatic rings. The van der Waals surface area contributed by atoms with Crippen LogP contribution in [-0.2, 0) is 10.2 Å². The van der Waals surface area contributed by atoms with Crippen LogP contribution in [0.25, 0.3) is 11.0 Å². The van der Waals surface area contributed by atoms with Crippen molar-refractivity contribution in [2.24, 2.45) is 0 Å². The summed E-state index contributed by atoms with van der Waals surface area (Å²) in [7, 11) is 1.58. The highest BCUT2D eigenvalue weighted by molar-refractivity contribution is 6.09. The van der Waals surface area contributed by atoms with Crippen molar-refractivity contribution in [1.82, 2.24) is 9.55 Å². The molecule has 4 aromatic rings. The maximum atomic E-state index is 14.7. The Morgan fingerprint density at radius 2 is 1.69 bits per heavy atom. The van der Waals surface area contributed by atoms with E-state index in [9.17, 15) is 14.4 Å². The van der Waals surface area contributed by atoms with Gasteiger partial charge in [0.05, 0.1) is 18.1 Å². The Balaban J connectivity index is 1.70. The van der Waals surface area contributed by atoms with Gasteiger partial charge >= 0.3 is 0 Å². The first kappa shape index (κ1) is 21.5. The van der Waals surface area contributed by atoms with Crippen LogP contribution in [0.3, 0.4) is 0 Å². The summed E-state index contributed by atoms with van der Waals surface area (Å²) in [5.74, 6) is 0.0208. The van der Waals surface area contributed by atoms with Gasteiger partial charge in [-0.05, 0) is 54.4 Å². The molecule has 6 nitrogen and oxygen atoms in total. The maximum absolute atomic E-state index is 14.7. The predicted molar refractivity (Wildman–Crippen MR) is 131 cm³/mol. The highest BCUT2D eigenvalue weighted by atomic mass is 16.5. The average Bonchev–Trinajstić information content (AvgIpc) is 3.39. The minimum absolute atomic E-state index is 0.00748.